The number of nitrogens with one attached hydrogen (secondary N) is 1. The van der Waals surface area contributed by atoms with Gasteiger partial charge in [0.25, 0.3) is 5.56 Å². The Hall–Kier alpha value is -3.93. The molecule has 6 heteroatoms. The summed E-state index contributed by atoms with van der Waals surface area (Å²) in [5, 5.41) is 4.20. The molecule has 0 bridgehead atoms. The highest BCUT2D eigenvalue weighted by atomic mass is 16.5. The first-order chi connectivity index (χ1) is 14.6. The normalized spacial score (nSPS) is 10.7. The summed E-state index contributed by atoms with van der Waals surface area (Å²) >= 11 is 0. The maximum absolute atomic E-state index is 12.9. The third kappa shape index (κ3) is 4.22. The van der Waals surface area contributed by atoms with Crippen LogP contribution < -0.4 is 15.6 Å². The number of ether oxygens (including phenoxy) is 1. The van der Waals surface area contributed by atoms with E-state index in [0.717, 1.165) is 11.1 Å². The van der Waals surface area contributed by atoms with Crippen LogP contribution in [0.3, 0.4) is 0 Å². The molecule has 0 saturated heterocycles. The standard InChI is InChI=1S/C24H21N3O3/c1-30-19-7-2-5-17(13-19)14-23(28)26-22-9-3-8-21-20(22)10-12-27(24(21)29)16-18-6-4-11-25-15-18/h2-13,15H,14,16H2,1H3,(H,26,28). The van der Waals surface area contributed by atoms with Crippen LogP contribution in [0, 0.1) is 0 Å². The van der Waals surface area contributed by atoms with Crippen LogP contribution in [0.25, 0.3) is 10.8 Å². The maximum atomic E-state index is 12.9. The molecule has 150 valence electrons. The van der Waals surface area contributed by atoms with Crippen molar-refractivity contribution in [3.63, 3.8) is 0 Å². The molecular weight excluding hydrogens is 378 g/mol. The first-order valence-electron chi connectivity index (χ1n) is 9.58. The molecular formula is C24H21N3O3. The molecule has 0 unspecified atom stereocenters. The summed E-state index contributed by atoms with van der Waals surface area (Å²) in [5.41, 5.74) is 2.30. The molecule has 0 fully saturated rings. The molecule has 0 aliphatic heterocycles. The first kappa shape index (κ1) is 19.4. The van der Waals surface area contributed by atoms with E-state index in [0.29, 0.717) is 28.8 Å². The number of anilines is 1. The molecule has 4 aromatic rings. The van der Waals surface area contributed by atoms with Gasteiger partial charge in [-0.05, 0) is 47.5 Å². The summed E-state index contributed by atoms with van der Waals surface area (Å²) in [5.74, 6) is 0.551. The SMILES string of the molecule is COc1cccc(CC(=O)Nc2cccc3c(=O)n(Cc4cccnc4)ccc23)c1. The van der Waals surface area contributed by atoms with Crippen LogP contribution in [0.1, 0.15) is 11.1 Å². The van der Waals surface area contributed by atoms with Crippen LogP contribution in [0.5, 0.6) is 5.75 Å². The predicted octanol–water partition coefficient (Wildman–Crippen LogP) is 3.63. The average Bonchev–Trinajstić information content (AvgIpc) is 2.77. The van der Waals surface area contributed by atoms with Crippen LogP contribution in [0.4, 0.5) is 5.69 Å². The van der Waals surface area contributed by atoms with E-state index in [4.69, 9.17) is 4.74 Å². The van der Waals surface area contributed by atoms with Crippen molar-refractivity contribution in [3.8, 4) is 5.75 Å². The minimum Gasteiger partial charge on any atom is -0.497 e. The van der Waals surface area contributed by atoms with Crippen molar-refractivity contribution in [2.75, 3.05) is 12.4 Å². The van der Waals surface area contributed by atoms with E-state index in [1.54, 1.807) is 48.5 Å². The lowest BCUT2D eigenvalue weighted by atomic mass is 10.1. The molecule has 2 aromatic carbocycles. The molecule has 0 aliphatic rings. The third-order valence-corrected chi connectivity index (χ3v) is 4.87. The van der Waals surface area contributed by atoms with Gasteiger partial charge in [0, 0.05) is 35.1 Å². The largest absolute Gasteiger partial charge is 0.497 e. The smallest absolute Gasteiger partial charge is 0.258 e. The molecule has 0 radical (unpaired) electrons. The molecule has 1 amide bonds. The lowest BCUT2D eigenvalue weighted by Crippen LogP contribution is -2.21. The fraction of sp³-hybridized carbons (Fsp3) is 0.125. The van der Waals surface area contributed by atoms with Crippen LogP contribution in [-0.2, 0) is 17.8 Å². The minimum atomic E-state index is -0.157. The number of aromatic nitrogens is 2. The fourth-order valence-electron chi connectivity index (χ4n) is 3.40. The molecule has 0 aliphatic carbocycles. The summed E-state index contributed by atoms with van der Waals surface area (Å²) in [4.78, 5) is 29.6. The maximum Gasteiger partial charge on any atom is 0.258 e. The second-order valence-electron chi connectivity index (χ2n) is 6.95. The number of carbonyl (C=O) groups is 1. The molecule has 2 heterocycles. The monoisotopic (exact) mass is 399 g/mol. The van der Waals surface area contributed by atoms with E-state index >= 15 is 0 Å². The Morgan fingerprint density at radius 1 is 1.03 bits per heavy atom. The molecule has 6 nitrogen and oxygen atoms in total. The van der Waals surface area contributed by atoms with Gasteiger partial charge in [0.15, 0.2) is 0 Å². The number of rotatable bonds is 6. The van der Waals surface area contributed by atoms with Crippen molar-refractivity contribution in [2.24, 2.45) is 0 Å². The van der Waals surface area contributed by atoms with Gasteiger partial charge in [0.05, 0.1) is 20.1 Å². The zero-order valence-corrected chi connectivity index (χ0v) is 16.5. The van der Waals surface area contributed by atoms with Gasteiger partial charge < -0.3 is 14.6 Å². The lowest BCUT2D eigenvalue weighted by Gasteiger charge is -2.11. The number of fused-ring (bicyclic) bond motifs is 1. The van der Waals surface area contributed by atoms with Crippen LogP contribution in [0.2, 0.25) is 0 Å². The van der Waals surface area contributed by atoms with E-state index in [1.165, 1.54) is 0 Å². The van der Waals surface area contributed by atoms with E-state index in [-0.39, 0.29) is 17.9 Å². The molecule has 2 aromatic heterocycles. The summed E-state index contributed by atoms with van der Waals surface area (Å²) in [6.45, 7) is 0.440. The summed E-state index contributed by atoms with van der Waals surface area (Å²) in [6.07, 6.45) is 5.40. The summed E-state index contributed by atoms with van der Waals surface area (Å²) in [6, 6.07) is 18.4. The number of carbonyl (C=O) groups excluding carboxylic acids is 1. The zero-order valence-electron chi connectivity index (χ0n) is 16.5. The molecule has 0 atom stereocenters. The van der Waals surface area contributed by atoms with Crippen LogP contribution >= 0.6 is 0 Å². The predicted molar refractivity (Wildman–Crippen MR) is 117 cm³/mol. The zero-order chi connectivity index (χ0) is 20.9. The number of methoxy groups -OCH3 is 1. The third-order valence-electron chi connectivity index (χ3n) is 4.87. The number of hydrogen-bond donors (Lipinski definition) is 1. The summed E-state index contributed by atoms with van der Waals surface area (Å²) in [7, 11) is 1.59. The quantitative estimate of drug-likeness (QED) is 0.537. The van der Waals surface area contributed by atoms with Crippen molar-refractivity contribution in [2.45, 2.75) is 13.0 Å². The topological polar surface area (TPSA) is 73.2 Å². The molecule has 4 rings (SSSR count). The average molecular weight is 399 g/mol. The second-order valence-corrected chi connectivity index (χ2v) is 6.95. The number of pyridine rings is 2. The van der Waals surface area contributed by atoms with Crippen molar-refractivity contribution < 1.29 is 9.53 Å². The van der Waals surface area contributed by atoms with Crippen molar-refractivity contribution in [3.05, 3.63) is 101 Å². The Morgan fingerprint density at radius 3 is 2.67 bits per heavy atom. The molecule has 0 spiro atoms. The van der Waals surface area contributed by atoms with Gasteiger partial charge in [0.2, 0.25) is 5.91 Å². The Kier molecular flexibility index (Phi) is 5.57. The molecule has 1 N–H and O–H groups in total. The Labute approximate surface area is 173 Å². The lowest BCUT2D eigenvalue weighted by molar-refractivity contribution is -0.115. The van der Waals surface area contributed by atoms with E-state index in [9.17, 15) is 9.59 Å². The van der Waals surface area contributed by atoms with E-state index in [1.807, 2.05) is 42.5 Å². The van der Waals surface area contributed by atoms with Crippen LogP contribution in [0.15, 0.2) is 84.0 Å². The Morgan fingerprint density at radius 2 is 1.87 bits per heavy atom. The number of amides is 1. The van der Waals surface area contributed by atoms with Crippen molar-refractivity contribution in [1.82, 2.24) is 9.55 Å². The van der Waals surface area contributed by atoms with Gasteiger partial charge >= 0.3 is 0 Å². The molecule has 30 heavy (non-hydrogen) atoms. The highest BCUT2D eigenvalue weighted by Gasteiger charge is 2.10. The summed E-state index contributed by atoms with van der Waals surface area (Å²) < 4.78 is 6.85. The minimum absolute atomic E-state index is 0.111. The first-order valence-corrected chi connectivity index (χ1v) is 9.58. The highest BCUT2D eigenvalue weighted by Crippen LogP contribution is 2.21. The Bertz CT molecular complexity index is 1250. The van der Waals surface area contributed by atoms with Gasteiger partial charge in [0.1, 0.15) is 5.75 Å². The van der Waals surface area contributed by atoms with E-state index < -0.39 is 0 Å². The number of benzene rings is 2. The number of hydrogen-bond acceptors (Lipinski definition) is 4. The van der Waals surface area contributed by atoms with Crippen molar-refractivity contribution >= 4 is 22.4 Å². The van der Waals surface area contributed by atoms with Gasteiger partial charge in [-0.25, -0.2) is 0 Å². The second kappa shape index (κ2) is 8.61. The Balaban J connectivity index is 1.58. The van der Waals surface area contributed by atoms with Gasteiger partial charge in [-0.3, -0.25) is 14.6 Å². The van der Waals surface area contributed by atoms with E-state index in [2.05, 4.69) is 10.3 Å². The fourth-order valence-corrected chi connectivity index (χ4v) is 3.40. The van der Waals surface area contributed by atoms with Crippen molar-refractivity contribution in [1.29, 1.82) is 0 Å². The number of nitrogens with zero attached hydrogens (tertiary/aromatic N) is 2. The van der Waals surface area contributed by atoms with Gasteiger partial charge in [-0.2, -0.15) is 0 Å². The molecule has 0 saturated carbocycles. The highest BCUT2D eigenvalue weighted by molar-refractivity contribution is 6.02. The van der Waals surface area contributed by atoms with Gasteiger partial charge in [-0.1, -0.05) is 24.3 Å². The van der Waals surface area contributed by atoms with Crippen LogP contribution in [-0.4, -0.2) is 22.6 Å². The van der Waals surface area contributed by atoms with Gasteiger partial charge in [-0.15, -0.1) is 0 Å².